The summed E-state index contributed by atoms with van der Waals surface area (Å²) in [5.74, 6) is 1.26. The summed E-state index contributed by atoms with van der Waals surface area (Å²) in [5.41, 5.74) is 1.79. The maximum absolute atomic E-state index is 11.2. The average molecular weight is 328 g/mol. The van der Waals surface area contributed by atoms with Gasteiger partial charge in [-0.2, -0.15) is 0 Å². The number of hydrogen-bond donors (Lipinski definition) is 0. The van der Waals surface area contributed by atoms with E-state index in [-0.39, 0.29) is 18.4 Å². The molecule has 0 N–H and O–H groups in total. The number of halogens is 1. The van der Waals surface area contributed by atoms with Crippen LogP contribution < -0.4 is 4.74 Å². The number of rotatable bonds is 5. The number of aryl methyl sites for hydroxylation is 1. The molecular weight excluding hydrogens is 310 g/mol. The Kier molecular flexibility index (Phi) is 6.78. The summed E-state index contributed by atoms with van der Waals surface area (Å²) < 4.78 is 10.0. The van der Waals surface area contributed by atoms with Crippen LogP contribution in [0.3, 0.4) is 0 Å². The first-order valence-corrected chi connectivity index (χ1v) is 7.28. The minimum absolute atomic E-state index is 0. The molecule has 2 rings (SSSR count). The first-order chi connectivity index (χ1) is 9.65. The fraction of sp³-hybridized carbons (Fsp3) is 0.333. The van der Waals surface area contributed by atoms with Gasteiger partial charge in [-0.05, 0) is 19.1 Å². The minimum Gasteiger partial charge on any atom is -0.494 e. The molecule has 0 spiro atoms. The van der Waals surface area contributed by atoms with Gasteiger partial charge in [0.05, 0.1) is 20.6 Å². The molecule has 0 fully saturated rings. The zero-order valence-electron chi connectivity index (χ0n) is 12.2. The average Bonchev–Trinajstić information content (AvgIpc) is 2.46. The lowest BCUT2D eigenvalue weighted by Crippen LogP contribution is -2.01. The van der Waals surface area contributed by atoms with Crippen LogP contribution in [0.5, 0.6) is 5.75 Å². The van der Waals surface area contributed by atoms with Gasteiger partial charge in [0.15, 0.2) is 0 Å². The summed E-state index contributed by atoms with van der Waals surface area (Å²) in [4.78, 5) is 16.8. The molecule has 21 heavy (non-hydrogen) atoms. The Morgan fingerprint density at radius 1 is 1.33 bits per heavy atom. The van der Waals surface area contributed by atoms with E-state index in [0.717, 1.165) is 27.2 Å². The van der Waals surface area contributed by atoms with Gasteiger partial charge >= 0.3 is 5.97 Å². The van der Waals surface area contributed by atoms with Crippen molar-refractivity contribution in [2.24, 2.45) is 0 Å². The number of para-hydroxylation sites is 1. The Morgan fingerprint density at radius 3 is 2.76 bits per heavy atom. The summed E-state index contributed by atoms with van der Waals surface area (Å²) >= 11 is 1.63. The van der Waals surface area contributed by atoms with Crippen LogP contribution in [-0.4, -0.2) is 30.9 Å². The fourth-order valence-electron chi connectivity index (χ4n) is 1.94. The van der Waals surface area contributed by atoms with E-state index >= 15 is 0 Å². The van der Waals surface area contributed by atoms with E-state index < -0.39 is 0 Å². The second kappa shape index (κ2) is 8.10. The number of hydrogen-bond acceptors (Lipinski definition) is 5. The molecule has 1 aromatic heterocycles. The highest BCUT2D eigenvalue weighted by Gasteiger charge is 2.09. The van der Waals surface area contributed by atoms with Crippen molar-refractivity contribution in [2.45, 2.75) is 18.2 Å². The highest BCUT2D eigenvalue weighted by molar-refractivity contribution is 7.99. The first-order valence-electron chi connectivity index (χ1n) is 6.29. The maximum atomic E-state index is 11.2. The van der Waals surface area contributed by atoms with Gasteiger partial charge in [0.2, 0.25) is 0 Å². The van der Waals surface area contributed by atoms with E-state index in [9.17, 15) is 4.79 Å². The molecule has 1 aromatic carbocycles. The van der Waals surface area contributed by atoms with Gasteiger partial charge in [-0.1, -0.05) is 12.1 Å². The van der Waals surface area contributed by atoms with Crippen molar-refractivity contribution in [1.82, 2.24) is 4.98 Å². The molecular formula is C15H18ClNO3S. The van der Waals surface area contributed by atoms with Crippen LogP contribution in [0.25, 0.3) is 10.9 Å². The highest BCUT2D eigenvalue weighted by Crippen LogP contribution is 2.32. The van der Waals surface area contributed by atoms with Crippen LogP contribution in [0.2, 0.25) is 0 Å². The van der Waals surface area contributed by atoms with Crippen LogP contribution in [0.15, 0.2) is 29.2 Å². The zero-order valence-corrected chi connectivity index (χ0v) is 13.8. The third-order valence-corrected chi connectivity index (χ3v) is 3.96. The molecule has 4 nitrogen and oxygen atoms in total. The molecule has 0 saturated carbocycles. The van der Waals surface area contributed by atoms with Crippen molar-refractivity contribution in [1.29, 1.82) is 0 Å². The standard InChI is InChI=1S/C15H17NO3S.ClH/c1-10-9-13(20-8-7-14(17)19-3)11-5-4-6-12(18-2)15(11)16-10;/h4-6,9H,7-8H2,1-3H3;1H. The topological polar surface area (TPSA) is 48.4 Å². The van der Waals surface area contributed by atoms with E-state index in [0.29, 0.717) is 12.2 Å². The number of ether oxygens (including phenoxy) is 2. The predicted octanol–water partition coefficient (Wildman–Crippen LogP) is 3.63. The molecule has 0 atom stereocenters. The molecule has 0 bridgehead atoms. The Bertz CT molecular complexity index is 634. The second-order valence-electron chi connectivity index (χ2n) is 4.29. The van der Waals surface area contributed by atoms with Gasteiger partial charge in [0, 0.05) is 21.7 Å². The zero-order chi connectivity index (χ0) is 14.5. The monoisotopic (exact) mass is 327 g/mol. The van der Waals surface area contributed by atoms with Crippen molar-refractivity contribution in [3.8, 4) is 5.75 Å². The number of esters is 1. The Balaban J connectivity index is 0.00000220. The molecule has 0 saturated heterocycles. The van der Waals surface area contributed by atoms with Crippen molar-refractivity contribution in [3.05, 3.63) is 30.0 Å². The SMILES string of the molecule is COC(=O)CCSc1cc(C)nc2c(OC)cccc12.Cl. The Labute approximate surface area is 134 Å². The lowest BCUT2D eigenvalue weighted by atomic mass is 10.2. The summed E-state index contributed by atoms with van der Waals surface area (Å²) in [6.45, 7) is 1.95. The molecule has 0 aliphatic rings. The van der Waals surface area contributed by atoms with Crippen LogP contribution in [-0.2, 0) is 9.53 Å². The fourth-order valence-corrected chi connectivity index (χ4v) is 3.01. The Hall–Kier alpha value is -1.46. The molecule has 114 valence electrons. The van der Waals surface area contributed by atoms with Gasteiger partial charge in [0.25, 0.3) is 0 Å². The molecule has 0 aliphatic heterocycles. The molecule has 0 aliphatic carbocycles. The normalized spacial score (nSPS) is 10.0. The van der Waals surface area contributed by atoms with Gasteiger partial charge in [0.1, 0.15) is 11.3 Å². The van der Waals surface area contributed by atoms with Crippen LogP contribution in [0.4, 0.5) is 0 Å². The number of nitrogens with zero attached hydrogens (tertiary/aromatic N) is 1. The summed E-state index contributed by atoms with van der Waals surface area (Å²) in [5, 5.41) is 1.05. The molecule has 6 heteroatoms. The number of fused-ring (bicyclic) bond motifs is 1. The number of benzene rings is 1. The smallest absolute Gasteiger partial charge is 0.306 e. The summed E-state index contributed by atoms with van der Waals surface area (Å²) in [6, 6.07) is 7.90. The lowest BCUT2D eigenvalue weighted by Gasteiger charge is -2.10. The van der Waals surface area contributed by atoms with Crippen LogP contribution in [0.1, 0.15) is 12.1 Å². The summed E-state index contributed by atoms with van der Waals surface area (Å²) in [7, 11) is 3.05. The number of thioether (sulfide) groups is 1. The predicted molar refractivity (Wildman–Crippen MR) is 87.6 cm³/mol. The van der Waals surface area contributed by atoms with Crippen molar-refractivity contribution >= 4 is 41.0 Å². The number of carbonyl (C=O) groups is 1. The van der Waals surface area contributed by atoms with E-state index in [2.05, 4.69) is 9.72 Å². The van der Waals surface area contributed by atoms with E-state index in [1.165, 1.54) is 7.11 Å². The molecule has 2 aromatic rings. The number of carbonyl (C=O) groups excluding carboxylic acids is 1. The Morgan fingerprint density at radius 2 is 2.10 bits per heavy atom. The van der Waals surface area contributed by atoms with Gasteiger partial charge in [-0.25, -0.2) is 4.98 Å². The quantitative estimate of drug-likeness (QED) is 0.620. The van der Waals surface area contributed by atoms with Crippen molar-refractivity contribution in [3.63, 3.8) is 0 Å². The molecule has 0 amide bonds. The molecule has 0 radical (unpaired) electrons. The van der Waals surface area contributed by atoms with Crippen LogP contribution >= 0.6 is 24.2 Å². The van der Waals surface area contributed by atoms with Crippen molar-refractivity contribution in [2.75, 3.05) is 20.0 Å². The second-order valence-corrected chi connectivity index (χ2v) is 5.43. The van der Waals surface area contributed by atoms with Gasteiger partial charge < -0.3 is 9.47 Å². The minimum atomic E-state index is -0.190. The number of methoxy groups -OCH3 is 2. The van der Waals surface area contributed by atoms with E-state index in [4.69, 9.17) is 4.74 Å². The molecule has 1 heterocycles. The van der Waals surface area contributed by atoms with E-state index in [1.807, 2.05) is 31.2 Å². The summed E-state index contributed by atoms with van der Waals surface area (Å²) in [6.07, 6.45) is 0.397. The van der Waals surface area contributed by atoms with Crippen molar-refractivity contribution < 1.29 is 14.3 Å². The van der Waals surface area contributed by atoms with Gasteiger partial charge in [-0.3, -0.25) is 4.79 Å². The molecule has 0 unspecified atom stereocenters. The maximum Gasteiger partial charge on any atom is 0.306 e. The lowest BCUT2D eigenvalue weighted by molar-refractivity contribution is -0.140. The van der Waals surface area contributed by atoms with E-state index in [1.54, 1.807) is 18.9 Å². The van der Waals surface area contributed by atoms with Gasteiger partial charge in [-0.15, -0.1) is 24.2 Å². The third kappa shape index (κ3) is 4.25. The third-order valence-electron chi connectivity index (χ3n) is 2.90. The van der Waals surface area contributed by atoms with Crippen LogP contribution in [0, 0.1) is 6.92 Å². The highest BCUT2D eigenvalue weighted by atomic mass is 35.5. The first kappa shape index (κ1) is 17.6. The largest absolute Gasteiger partial charge is 0.494 e. The number of aromatic nitrogens is 1. The number of pyridine rings is 1.